The molecule has 1 unspecified atom stereocenters. The summed E-state index contributed by atoms with van der Waals surface area (Å²) in [5.74, 6) is -1.63. The van der Waals surface area contributed by atoms with Gasteiger partial charge in [0.15, 0.2) is 11.6 Å². The third-order valence-electron chi connectivity index (χ3n) is 5.64. The molecule has 7 heteroatoms. The van der Waals surface area contributed by atoms with Crippen molar-refractivity contribution in [3.05, 3.63) is 77.1 Å². The van der Waals surface area contributed by atoms with Crippen LogP contribution in [0.2, 0.25) is 5.15 Å². The highest BCUT2D eigenvalue weighted by Crippen LogP contribution is 2.34. The monoisotopic (exact) mass is 410 g/mol. The van der Waals surface area contributed by atoms with Crippen molar-refractivity contribution in [2.24, 2.45) is 0 Å². The Morgan fingerprint density at radius 2 is 2.00 bits per heavy atom. The van der Waals surface area contributed by atoms with Crippen molar-refractivity contribution in [3.8, 4) is 0 Å². The van der Waals surface area contributed by atoms with Crippen LogP contribution in [0.25, 0.3) is 21.8 Å². The topological polar surface area (TPSA) is 43.6 Å². The van der Waals surface area contributed by atoms with Crippen LogP contribution in [-0.2, 0) is 6.42 Å². The number of aryl methyl sites for hydroxylation is 1. The Balaban J connectivity index is 1.39. The highest BCUT2D eigenvalue weighted by atomic mass is 35.5. The molecule has 0 N–H and O–H groups in total. The first kappa shape index (κ1) is 18.2. The van der Waals surface area contributed by atoms with E-state index in [-0.39, 0.29) is 11.4 Å². The molecule has 0 bridgehead atoms. The van der Waals surface area contributed by atoms with E-state index in [9.17, 15) is 8.78 Å². The van der Waals surface area contributed by atoms with Crippen molar-refractivity contribution >= 4 is 33.4 Å². The zero-order chi connectivity index (χ0) is 20.0. The maximum absolute atomic E-state index is 14.0. The van der Waals surface area contributed by atoms with Gasteiger partial charge in [-0.25, -0.2) is 18.7 Å². The first-order chi connectivity index (χ1) is 14.1. The lowest BCUT2D eigenvalue weighted by atomic mass is 9.99. The molecule has 0 saturated carbocycles. The minimum absolute atomic E-state index is 0.205. The van der Waals surface area contributed by atoms with Gasteiger partial charge < -0.3 is 4.57 Å². The smallest absolute Gasteiger partial charge is 0.166 e. The minimum Gasteiger partial charge on any atom is -0.325 e. The number of nitrogens with zero attached hydrogens (tertiary/aromatic N) is 4. The maximum atomic E-state index is 14.0. The Labute approximate surface area is 170 Å². The normalized spacial score (nSPS) is 16.7. The molecule has 1 aromatic carbocycles. The van der Waals surface area contributed by atoms with Gasteiger partial charge in [0.25, 0.3) is 0 Å². The van der Waals surface area contributed by atoms with E-state index in [1.165, 1.54) is 30.2 Å². The first-order valence-electron chi connectivity index (χ1n) is 9.49. The largest absolute Gasteiger partial charge is 0.325 e. The van der Waals surface area contributed by atoms with E-state index in [1.54, 1.807) is 6.20 Å². The molecule has 5 rings (SSSR count). The van der Waals surface area contributed by atoms with Crippen LogP contribution in [0, 0.1) is 11.6 Å². The van der Waals surface area contributed by atoms with Gasteiger partial charge in [-0.3, -0.25) is 4.98 Å². The van der Waals surface area contributed by atoms with Crippen molar-refractivity contribution in [1.82, 2.24) is 19.5 Å². The van der Waals surface area contributed by atoms with Gasteiger partial charge in [0.1, 0.15) is 17.1 Å². The molecular formula is C22H17ClF2N4. The minimum atomic E-state index is -0.813. The summed E-state index contributed by atoms with van der Waals surface area (Å²) in [4.78, 5) is 12.5. The molecule has 146 valence electrons. The van der Waals surface area contributed by atoms with Crippen LogP contribution in [0.15, 0.2) is 54.8 Å². The number of fused-ring (bicyclic) bond motifs is 2. The van der Waals surface area contributed by atoms with Crippen LogP contribution < -0.4 is 0 Å². The van der Waals surface area contributed by atoms with Crippen LogP contribution >= 0.6 is 11.6 Å². The second-order valence-corrected chi connectivity index (χ2v) is 7.67. The van der Waals surface area contributed by atoms with E-state index in [1.807, 2.05) is 12.3 Å². The maximum Gasteiger partial charge on any atom is 0.166 e. The summed E-state index contributed by atoms with van der Waals surface area (Å²) in [6.07, 6.45) is 12.2. The molecule has 1 aliphatic rings. The molecular weight excluding hydrogens is 394 g/mol. The van der Waals surface area contributed by atoms with Crippen molar-refractivity contribution in [1.29, 1.82) is 0 Å². The summed E-state index contributed by atoms with van der Waals surface area (Å²) in [6.45, 7) is 0. The van der Waals surface area contributed by atoms with Crippen LogP contribution in [0.4, 0.5) is 8.78 Å². The van der Waals surface area contributed by atoms with E-state index in [0.717, 1.165) is 35.9 Å². The molecule has 3 heterocycles. The Hall–Kier alpha value is -2.86. The van der Waals surface area contributed by atoms with Gasteiger partial charge in [0.05, 0.1) is 11.4 Å². The fourth-order valence-corrected chi connectivity index (χ4v) is 4.37. The van der Waals surface area contributed by atoms with Crippen molar-refractivity contribution in [3.63, 3.8) is 0 Å². The van der Waals surface area contributed by atoms with Crippen molar-refractivity contribution in [2.45, 2.75) is 31.7 Å². The molecule has 0 aliphatic heterocycles. The number of aromatic nitrogens is 4. The number of halogens is 3. The highest BCUT2D eigenvalue weighted by Gasteiger charge is 2.20. The summed E-state index contributed by atoms with van der Waals surface area (Å²) in [7, 11) is 0. The van der Waals surface area contributed by atoms with Gasteiger partial charge in [-0.15, -0.1) is 0 Å². The second kappa shape index (κ2) is 7.19. The first-order valence-corrected chi connectivity index (χ1v) is 9.87. The predicted octanol–water partition coefficient (Wildman–Crippen LogP) is 5.81. The Morgan fingerprint density at radius 1 is 1.10 bits per heavy atom. The van der Waals surface area contributed by atoms with Crippen molar-refractivity contribution in [2.75, 3.05) is 0 Å². The molecule has 1 aliphatic carbocycles. The SMILES string of the molecule is Fc1cc(CCC2=CC(n3ccc4c(Cl)ncnc43)CC2)c2cnccc2c1F. The summed E-state index contributed by atoms with van der Waals surface area (Å²) >= 11 is 6.15. The van der Waals surface area contributed by atoms with Crippen LogP contribution in [0.5, 0.6) is 0 Å². The number of hydrogen-bond acceptors (Lipinski definition) is 3. The second-order valence-electron chi connectivity index (χ2n) is 7.31. The number of pyridine rings is 1. The van der Waals surface area contributed by atoms with E-state index in [4.69, 9.17) is 11.6 Å². The molecule has 0 radical (unpaired) electrons. The molecule has 29 heavy (non-hydrogen) atoms. The van der Waals surface area contributed by atoms with Crippen LogP contribution in [-0.4, -0.2) is 19.5 Å². The summed E-state index contributed by atoms with van der Waals surface area (Å²) in [5, 5.41) is 2.25. The average Bonchev–Trinajstić information content (AvgIpc) is 3.37. The summed E-state index contributed by atoms with van der Waals surface area (Å²) < 4.78 is 30.2. The number of hydrogen-bond donors (Lipinski definition) is 0. The van der Waals surface area contributed by atoms with Gasteiger partial charge in [0.2, 0.25) is 0 Å². The summed E-state index contributed by atoms with van der Waals surface area (Å²) in [6, 6.07) is 4.96. The predicted molar refractivity (Wildman–Crippen MR) is 109 cm³/mol. The fourth-order valence-electron chi connectivity index (χ4n) is 4.17. The highest BCUT2D eigenvalue weighted by molar-refractivity contribution is 6.33. The Morgan fingerprint density at radius 3 is 2.90 bits per heavy atom. The molecule has 0 saturated heterocycles. The lowest BCUT2D eigenvalue weighted by molar-refractivity contribution is 0.515. The van der Waals surface area contributed by atoms with Crippen LogP contribution in [0.1, 0.15) is 30.9 Å². The van der Waals surface area contributed by atoms with Gasteiger partial charge in [-0.1, -0.05) is 23.3 Å². The molecule has 3 aromatic heterocycles. The Bertz CT molecular complexity index is 1260. The van der Waals surface area contributed by atoms with Gasteiger partial charge in [-0.05, 0) is 49.4 Å². The molecule has 0 fully saturated rings. The molecule has 0 spiro atoms. The van der Waals surface area contributed by atoms with E-state index in [2.05, 4.69) is 25.6 Å². The fraction of sp³-hybridized carbons (Fsp3) is 0.227. The van der Waals surface area contributed by atoms with Crippen LogP contribution in [0.3, 0.4) is 0 Å². The quantitative estimate of drug-likeness (QED) is 0.315. The van der Waals surface area contributed by atoms with Gasteiger partial charge in [0, 0.05) is 29.4 Å². The third-order valence-corrected chi connectivity index (χ3v) is 5.94. The number of rotatable bonds is 4. The standard InChI is InChI=1S/C22H17ClF2N4/c23-21-17-6-8-29(22(17)28-12-27-21)15-4-2-13(9-15)1-3-14-10-19(24)20(25)16-5-7-26-11-18(14)16/h5-12,15H,1-4H2. The van der Waals surface area contributed by atoms with Gasteiger partial charge in [-0.2, -0.15) is 0 Å². The van der Waals surface area contributed by atoms with E-state index < -0.39 is 11.6 Å². The number of allylic oxidation sites excluding steroid dienone is 2. The lowest BCUT2D eigenvalue weighted by Crippen LogP contribution is -2.02. The zero-order valence-corrected chi connectivity index (χ0v) is 16.2. The lowest BCUT2D eigenvalue weighted by Gasteiger charge is -2.10. The summed E-state index contributed by atoms with van der Waals surface area (Å²) in [5.41, 5.74) is 2.91. The molecule has 4 nitrogen and oxygen atoms in total. The van der Waals surface area contributed by atoms with Gasteiger partial charge >= 0.3 is 0 Å². The molecule has 4 aromatic rings. The number of benzene rings is 1. The Kier molecular flexibility index (Phi) is 4.51. The molecule has 0 amide bonds. The molecule has 1 atom stereocenters. The average molecular weight is 411 g/mol. The van der Waals surface area contributed by atoms with E-state index >= 15 is 0 Å². The zero-order valence-electron chi connectivity index (χ0n) is 15.4. The third kappa shape index (κ3) is 3.17. The van der Waals surface area contributed by atoms with E-state index in [0.29, 0.717) is 17.0 Å². The van der Waals surface area contributed by atoms with Crippen molar-refractivity contribution < 1.29 is 8.78 Å².